The fourth-order valence-electron chi connectivity index (χ4n) is 2.79. The Hall–Kier alpha value is -2.59. The highest BCUT2D eigenvalue weighted by atomic mass is 35.5. The van der Waals surface area contributed by atoms with Crippen molar-refractivity contribution >= 4 is 40.0 Å². The number of hydrogen-bond acceptors (Lipinski definition) is 2. The summed E-state index contributed by atoms with van der Waals surface area (Å²) in [6.45, 7) is 5.70. The summed E-state index contributed by atoms with van der Waals surface area (Å²) < 4.78 is 1.46. The maximum Gasteiger partial charge on any atom is 0.257 e. The monoisotopic (exact) mass is 354 g/mol. The average Bonchev–Trinajstić information content (AvgIpc) is 2.94. The van der Waals surface area contributed by atoms with Gasteiger partial charge in [-0.1, -0.05) is 37.6 Å². The molecule has 0 unspecified atom stereocenters. The van der Waals surface area contributed by atoms with E-state index in [1.165, 1.54) is 17.1 Å². The number of carbonyl (C=O) groups is 2. The van der Waals surface area contributed by atoms with Crippen molar-refractivity contribution in [3.63, 3.8) is 0 Å². The van der Waals surface area contributed by atoms with Gasteiger partial charge >= 0.3 is 0 Å². The van der Waals surface area contributed by atoms with Crippen LogP contribution in [-0.2, 0) is 0 Å². The van der Waals surface area contributed by atoms with Gasteiger partial charge in [-0.25, -0.2) is 0 Å². The number of nitrogens with zero attached hydrogens (tertiary/aromatic N) is 1. The van der Waals surface area contributed by atoms with E-state index in [0.29, 0.717) is 33.1 Å². The largest absolute Gasteiger partial charge is 0.322 e. The maximum atomic E-state index is 12.7. The van der Waals surface area contributed by atoms with Crippen molar-refractivity contribution in [3.05, 3.63) is 64.8 Å². The van der Waals surface area contributed by atoms with Crippen LogP contribution in [0.5, 0.6) is 0 Å². The molecule has 0 bridgehead atoms. The molecular weight excluding hydrogens is 336 g/mol. The highest BCUT2D eigenvalue weighted by Gasteiger charge is 2.17. The second-order valence-corrected chi connectivity index (χ2v) is 6.76. The molecule has 1 aromatic heterocycles. The van der Waals surface area contributed by atoms with E-state index in [0.717, 1.165) is 0 Å². The van der Waals surface area contributed by atoms with Gasteiger partial charge in [0.15, 0.2) is 0 Å². The van der Waals surface area contributed by atoms with Gasteiger partial charge in [0.2, 0.25) is 5.91 Å². The van der Waals surface area contributed by atoms with Crippen LogP contribution in [0.15, 0.2) is 48.7 Å². The number of hydrogen-bond donors (Lipinski definition) is 1. The van der Waals surface area contributed by atoms with E-state index in [9.17, 15) is 9.59 Å². The van der Waals surface area contributed by atoms with Gasteiger partial charge < -0.3 is 5.32 Å². The van der Waals surface area contributed by atoms with Gasteiger partial charge in [-0.05, 0) is 41.8 Å². The van der Waals surface area contributed by atoms with Crippen molar-refractivity contribution in [2.75, 3.05) is 5.32 Å². The van der Waals surface area contributed by atoms with Crippen molar-refractivity contribution in [2.45, 2.75) is 26.7 Å². The summed E-state index contributed by atoms with van der Waals surface area (Å²) in [6.07, 6.45) is 1.56. The molecule has 0 aliphatic heterocycles. The summed E-state index contributed by atoms with van der Waals surface area (Å²) in [7, 11) is 0. The standard InChI is InChI=1S/C20H19ClN2O2/c1-12(2)14-4-7-16(8-5-14)22-20(25)18-11-23(13(3)24)19-9-6-15(21)10-17(18)19/h4-12H,1-3H3,(H,22,25). The highest BCUT2D eigenvalue weighted by Crippen LogP contribution is 2.26. The topological polar surface area (TPSA) is 51.1 Å². The van der Waals surface area contributed by atoms with Crippen LogP contribution in [-0.4, -0.2) is 16.4 Å². The van der Waals surface area contributed by atoms with Crippen molar-refractivity contribution in [1.82, 2.24) is 4.57 Å². The van der Waals surface area contributed by atoms with Crippen LogP contribution in [0.25, 0.3) is 10.9 Å². The molecule has 25 heavy (non-hydrogen) atoms. The number of anilines is 1. The summed E-state index contributed by atoms with van der Waals surface area (Å²) in [5.41, 5.74) is 3.00. The zero-order chi connectivity index (χ0) is 18.1. The quantitative estimate of drug-likeness (QED) is 0.691. The Kier molecular flexibility index (Phi) is 4.64. The van der Waals surface area contributed by atoms with E-state index in [4.69, 9.17) is 11.6 Å². The van der Waals surface area contributed by atoms with Gasteiger partial charge in [0.25, 0.3) is 5.91 Å². The maximum absolute atomic E-state index is 12.7. The summed E-state index contributed by atoms with van der Waals surface area (Å²) in [4.78, 5) is 24.6. The fraction of sp³-hybridized carbons (Fsp3) is 0.200. The Morgan fingerprint density at radius 1 is 1.08 bits per heavy atom. The number of fused-ring (bicyclic) bond motifs is 1. The van der Waals surface area contributed by atoms with Crippen LogP contribution in [0.3, 0.4) is 0 Å². The lowest BCUT2D eigenvalue weighted by molar-refractivity contribution is 0.0941. The van der Waals surface area contributed by atoms with Gasteiger partial charge in [-0.3, -0.25) is 14.2 Å². The molecule has 3 rings (SSSR count). The number of rotatable bonds is 3. The molecule has 1 heterocycles. The van der Waals surface area contributed by atoms with Crippen molar-refractivity contribution in [3.8, 4) is 0 Å². The third kappa shape index (κ3) is 3.44. The second-order valence-electron chi connectivity index (χ2n) is 6.32. The predicted molar refractivity (Wildman–Crippen MR) is 102 cm³/mol. The molecule has 5 heteroatoms. The van der Waals surface area contributed by atoms with Crippen LogP contribution in [0.4, 0.5) is 5.69 Å². The molecule has 0 aliphatic rings. The van der Waals surface area contributed by atoms with E-state index in [1.54, 1.807) is 24.4 Å². The molecule has 1 amide bonds. The Labute approximate surface area is 151 Å². The van der Waals surface area contributed by atoms with Gasteiger partial charge in [0.1, 0.15) is 0 Å². The molecule has 2 aromatic carbocycles. The third-order valence-electron chi connectivity index (χ3n) is 4.19. The van der Waals surface area contributed by atoms with E-state index < -0.39 is 0 Å². The minimum atomic E-state index is -0.274. The van der Waals surface area contributed by atoms with Crippen molar-refractivity contribution in [2.24, 2.45) is 0 Å². The molecule has 0 atom stereocenters. The Morgan fingerprint density at radius 2 is 1.76 bits per heavy atom. The third-order valence-corrected chi connectivity index (χ3v) is 4.42. The van der Waals surface area contributed by atoms with Crippen molar-refractivity contribution in [1.29, 1.82) is 0 Å². The molecule has 0 saturated carbocycles. The zero-order valence-corrected chi connectivity index (χ0v) is 15.1. The SMILES string of the molecule is CC(=O)n1cc(C(=O)Nc2ccc(C(C)C)cc2)c2cc(Cl)ccc21. The average molecular weight is 355 g/mol. The van der Waals surface area contributed by atoms with E-state index in [2.05, 4.69) is 19.2 Å². The number of aromatic nitrogens is 1. The molecule has 3 aromatic rings. The lowest BCUT2D eigenvalue weighted by Crippen LogP contribution is -2.12. The van der Waals surface area contributed by atoms with Crippen LogP contribution in [0.1, 0.15) is 47.4 Å². The highest BCUT2D eigenvalue weighted by molar-refractivity contribution is 6.31. The zero-order valence-electron chi connectivity index (χ0n) is 14.3. The number of nitrogens with one attached hydrogen (secondary N) is 1. The fourth-order valence-corrected chi connectivity index (χ4v) is 2.97. The van der Waals surface area contributed by atoms with Crippen LogP contribution in [0, 0.1) is 0 Å². The van der Waals surface area contributed by atoms with Crippen LogP contribution in [0.2, 0.25) is 5.02 Å². The van der Waals surface area contributed by atoms with E-state index in [1.807, 2.05) is 24.3 Å². The first-order valence-electron chi connectivity index (χ1n) is 8.09. The van der Waals surface area contributed by atoms with Gasteiger partial charge in [-0.15, -0.1) is 0 Å². The molecule has 0 radical (unpaired) electrons. The van der Waals surface area contributed by atoms with E-state index in [-0.39, 0.29) is 11.8 Å². The van der Waals surface area contributed by atoms with Gasteiger partial charge in [0.05, 0.1) is 11.1 Å². The summed E-state index contributed by atoms with van der Waals surface area (Å²) >= 11 is 6.07. The second kappa shape index (κ2) is 6.73. The molecule has 4 nitrogen and oxygen atoms in total. The molecule has 0 spiro atoms. The van der Waals surface area contributed by atoms with Gasteiger partial charge in [-0.2, -0.15) is 0 Å². The number of carbonyl (C=O) groups excluding carboxylic acids is 2. The molecule has 1 N–H and O–H groups in total. The first kappa shape index (κ1) is 17.2. The summed E-state index contributed by atoms with van der Waals surface area (Å²) in [5, 5.41) is 4.05. The number of halogens is 1. The smallest absolute Gasteiger partial charge is 0.257 e. The first-order chi connectivity index (χ1) is 11.9. The first-order valence-corrected chi connectivity index (χ1v) is 8.47. The van der Waals surface area contributed by atoms with E-state index >= 15 is 0 Å². The molecule has 0 aliphatic carbocycles. The predicted octanol–water partition coefficient (Wildman–Crippen LogP) is 5.33. The Balaban J connectivity index is 1.96. The molecule has 0 fully saturated rings. The number of amides is 1. The molecule has 128 valence electrons. The van der Waals surface area contributed by atoms with Crippen LogP contribution >= 0.6 is 11.6 Å². The molecular formula is C20H19ClN2O2. The van der Waals surface area contributed by atoms with Crippen molar-refractivity contribution < 1.29 is 9.59 Å². The summed E-state index contributed by atoms with van der Waals surface area (Å²) in [5.74, 6) is -0.00217. The molecule has 0 saturated heterocycles. The Bertz CT molecular complexity index is 956. The lowest BCUT2D eigenvalue weighted by Gasteiger charge is -2.08. The number of benzene rings is 2. The Morgan fingerprint density at radius 3 is 2.36 bits per heavy atom. The summed E-state index contributed by atoms with van der Waals surface area (Å²) in [6, 6.07) is 12.9. The minimum absolute atomic E-state index is 0.160. The van der Waals surface area contributed by atoms with Crippen LogP contribution < -0.4 is 5.32 Å². The minimum Gasteiger partial charge on any atom is -0.322 e. The van der Waals surface area contributed by atoms with Gasteiger partial charge in [0, 0.05) is 29.2 Å². The normalized spacial score (nSPS) is 11.1. The lowest BCUT2D eigenvalue weighted by atomic mass is 10.0.